The van der Waals surface area contributed by atoms with Gasteiger partial charge in [-0.1, -0.05) is 84.8 Å². The highest BCUT2D eigenvalue weighted by molar-refractivity contribution is 5.92. The Morgan fingerprint density at radius 1 is 1.25 bits per heavy atom. The molecule has 4 fully saturated rings. The first-order chi connectivity index (χ1) is 18.9. The Balaban J connectivity index is 1.51. The van der Waals surface area contributed by atoms with Gasteiger partial charge in [0.2, 0.25) is 5.78 Å². The minimum atomic E-state index is -1.24. The van der Waals surface area contributed by atoms with Crippen molar-refractivity contribution in [3.8, 4) is 0 Å². The summed E-state index contributed by atoms with van der Waals surface area (Å²) < 4.78 is 19.2. The fourth-order valence-electron chi connectivity index (χ4n) is 9.29. The van der Waals surface area contributed by atoms with Crippen LogP contribution in [-0.2, 0) is 23.8 Å². The van der Waals surface area contributed by atoms with Crippen molar-refractivity contribution in [3.63, 3.8) is 0 Å². The Morgan fingerprint density at radius 2 is 2.00 bits per heavy atom. The van der Waals surface area contributed by atoms with E-state index in [0.717, 1.165) is 50.5 Å². The number of fused-ring (bicyclic) bond motifs is 7. The Hall–Kier alpha value is -1.76. The van der Waals surface area contributed by atoms with E-state index in [-0.39, 0.29) is 53.4 Å². The summed E-state index contributed by atoms with van der Waals surface area (Å²) in [5.41, 5.74) is 0.265. The van der Waals surface area contributed by atoms with Gasteiger partial charge in [0.05, 0.1) is 18.1 Å². The molecule has 1 heterocycles. The summed E-state index contributed by atoms with van der Waals surface area (Å²) in [5.74, 6) is -0.285. The average Bonchev–Trinajstić information content (AvgIpc) is 3.40. The van der Waals surface area contributed by atoms with Gasteiger partial charge >= 0.3 is 5.97 Å². The minimum Gasteiger partial charge on any atom is -0.457 e. The van der Waals surface area contributed by atoms with Gasteiger partial charge in [-0.2, -0.15) is 0 Å². The van der Waals surface area contributed by atoms with Crippen LogP contribution in [0.3, 0.4) is 0 Å². The normalized spacial score (nSPS) is 42.5. The molecule has 222 valence electrons. The molecule has 0 aromatic rings. The number of aliphatic hydroxyl groups excluding tert-OH is 1. The largest absolute Gasteiger partial charge is 0.457 e. The number of carbonyl (C=O) groups excluding carboxylic acids is 2. The number of unbranched alkanes of at least 4 members (excludes halogenated alkanes) is 1. The predicted octanol–water partition coefficient (Wildman–Crippen LogP) is 6.33. The van der Waals surface area contributed by atoms with Crippen molar-refractivity contribution in [1.29, 1.82) is 0 Å². The molecule has 0 aromatic heterocycles. The van der Waals surface area contributed by atoms with E-state index in [9.17, 15) is 14.7 Å². The van der Waals surface area contributed by atoms with E-state index in [4.69, 9.17) is 14.2 Å². The summed E-state index contributed by atoms with van der Waals surface area (Å²) in [7, 11) is 0. The van der Waals surface area contributed by atoms with Crippen molar-refractivity contribution in [1.82, 2.24) is 0 Å². The van der Waals surface area contributed by atoms with E-state index in [1.807, 2.05) is 0 Å². The maximum absolute atomic E-state index is 14.3. The number of rotatable bonds is 9. The molecular weight excluding hydrogens is 504 g/mol. The van der Waals surface area contributed by atoms with Crippen LogP contribution in [0.15, 0.2) is 36.0 Å². The summed E-state index contributed by atoms with van der Waals surface area (Å²) in [6.07, 6.45) is 12.2. The highest BCUT2D eigenvalue weighted by Crippen LogP contribution is 2.70. The molecule has 5 rings (SSSR count). The number of carbonyl (C=O) groups is 2. The molecule has 0 spiro atoms. The zero-order chi connectivity index (χ0) is 29.0. The van der Waals surface area contributed by atoms with Crippen molar-refractivity contribution in [2.24, 2.45) is 40.4 Å². The van der Waals surface area contributed by atoms with Crippen LogP contribution in [0.2, 0.25) is 0 Å². The monoisotopic (exact) mass is 554 g/mol. The number of esters is 1. The van der Waals surface area contributed by atoms with Crippen LogP contribution < -0.4 is 0 Å². The molecule has 0 aromatic carbocycles. The van der Waals surface area contributed by atoms with Gasteiger partial charge in [-0.3, -0.25) is 9.59 Å². The first kappa shape index (κ1) is 29.7. The molecule has 6 nitrogen and oxygen atoms in total. The Kier molecular flexibility index (Phi) is 8.04. The highest BCUT2D eigenvalue weighted by Gasteiger charge is 2.76. The fourth-order valence-corrected chi connectivity index (χ4v) is 9.29. The highest BCUT2D eigenvalue weighted by atomic mass is 16.7. The molecule has 4 aliphatic carbocycles. The van der Waals surface area contributed by atoms with Gasteiger partial charge in [-0.05, 0) is 55.9 Å². The van der Waals surface area contributed by atoms with Crippen molar-refractivity contribution >= 4 is 11.8 Å². The number of hydrogen-bond acceptors (Lipinski definition) is 6. The zero-order valence-electron chi connectivity index (χ0n) is 25.4. The lowest BCUT2D eigenvalue weighted by molar-refractivity contribution is -0.209. The molecule has 0 radical (unpaired) electrons. The van der Waals surface area contributed by atoms with Crippen molar-refractivity contribution in [2.75, 3.05) is 6.61 Å². The SMILES string of the molecule is C=C1C=CC2(C)C(=C1)CCC1C2C(O)CC2(C)C1CC1OC(C(CC)CCCC)OC12C(=O)COC(=O)C(C)C. The van der Waals surface area contributed by atoms with Gasteiger partial charge in [0.1, 0.15) is 0 Å². The lowest BCUT2D eigenvalue weighted by Gasteiger charge is -2.60. The molecule has 10 atom stereocenters. The summed E-state index contributed by atoms with van der Waals surface area (Å²) >= 11 is 0. The molecule has 6 heteroatoms. The second kappa shape index (κ2) is 10.8. The van der Waals surface area contributed by atoms with Gasteiger partial charge < -0.3 is 19.3 Å². The predicted molar refractivity (Wildman–Crippen MR) is 154 cm³/mol. The lowest BCUT2D eigenvalue weighted by atomic mass is 9.46. The third kappa shape index (κ3) is 4.39. The quantitative estimate of drug-likeness (QED) is 0.336. The molecule has 40 heavy (non-hydrogen) atoms. The van der Waals surface area contributed by atoms with Crippen LogP contribution in [0, 0.1) is 40.4 Å². The second-order valence-electron chi connectivity index (χ2n) is 14.0. The topological polar surface area (TPSA) is 82.1 Å². The summed E-state index contributed by atoms with van der Waals surface area (Å²) in [5, 5.41) is 12.0. The lowest BCUT2D eigenvalue weighted by Crippen LogP contribution is -2.63. The average molecular weight is 555 g/mol. The second-order valence-corrected chi connectivity index (χ2v) is 14.0. The molecule has 1 saturated heterocycles. The van der Waals surface area contributed by atoms with Crippen LogP contribution in [-0.4, -0.2) is 47.6 Å². The van der Waals surface area contributed by atoms with Crippen molar-refractivity contribution in [2.45, 2.75) is 117 Å². The number of allylic oxidation sites excluding steroid dienone is 5. The third-order valence-electron chi connectivity index (χ3n) is 11.4. The number of Topliss-reactive ketones (excluding diaryl/α,β-unsaturated/α-hetero) is 1. The standard InChI is InChI=1S/C34H50O6/c1-8-10-11-22(9-2)31-39-28-17-25-24-13-12-23-16-21(5)14-15-32(23,6)29(24)26(35)18-33(25,7)34(28,40-31)27(36)19-38-30(37)20(3)4/h14-16,20,22,24-26,28-29,31,35H,5,8-13,17-19H2,1-4,6-7H3. The summed E-state index contributed by atoms with van der Waals surface area (Å²) in [6, 6.07) is 0. The van der Waals surface area contributed by atoms with Gasteiger partial charge in [0, 0.05) is 22.7 Å². The molecule has 1 N–H and O–H groups in total. The Labute approximate surface area is 240 Å². The number of hydrogen-bond donors (Lipinski definition) is 1. The Morgan fingerprint density at radius 3 is 2.67 bits per heavy atom. The van der Waals surface area contributed by atoms with Gasteiger partial charge in [0.15, 0.2) is 18.5 Å². The number of ether oxygens (including phenoxy) is 3. The first-order valence-corrected chi connectivity index (χ1v) is 15.7. The van der Waals surface area contributed by atoms with Crippen LogP contribution in [0.4, 0.5) is 0 Å². The zero-order valence-corrected chi connectivity index (χ0v) is 25.4. The van der Waals surface area contributed by atoms with Crippen molar-refractivity contribution in [3.05, 3.63) is 36.0 Å². The molecule has 10 unspecified atom stereocenters. The van der Waals surface area contributed by atoms with Gasteiger partial charge in [0.25, 0.3) is 0 Å². The van der Waals surface area contributed by atoms with E-state index in [2.05, 4.69) is 52.5 Å². The first-order valence-electron chi connectivity index (χ1n) is 15.7. The van der Waals surface area contributed by atoms with Gasteiger partial charge in [-0.25, -0.2) is 0 Å². The van der Waals surface area contributed by atoms with E-state index in [1.165, 1.54) is 5.57 Å². The smallest absolute Gasteiger partial charge is 0.308 e. The van der Waals surface area contributed by atoms with Crippen LogP contribution >= 0.6 is 0 Å². The number of aliphatic hydroxyl groups is 1. The molecule has 0 bridgehead atoms. The molecule has 3 saturated carbocycles. The van der Waals surface area contributed by atoms with Crippen molar-refractivity contribution < 1.29 is 28.9 Å². The van der Waals surface area contributed by atoms with E-state index >= 15 is 0 Å². The van der Waals surface area contributed by atoms with Gasteiger partial charge in [-0.15, -0.1) is 0 Å². The van der Waals surface area contributed by atoms with Crippen LogP contribution in [0.1, 0.15) is 92.9 Å². The maximum atomic E-state index is 14.3. The molecule has 1 aliphatic heterocycles. The minimum absolute atomic E-state index is 0.0587. The molecule has 0 amide bonds. The molecule has 5 aliphatic rings. The van der Waals surface area contributed by atoms with E-state index in [1.54, 1.807) is 13.8 Å². The summed E-state index contributed by atoms with van der Waals surface area (Å²) in [4.78, 5) is 26.7. The summed E-state index contributed by atoms with van der Waals surface area (Å²) in [6.45, 7) is 16.1. The molecular formula is C34H50O6. The maximum Gasteiger partial charge on any atom is 0.308 e. The Bertz CT molecular complexity index is 1090. The van der Waals surface area contributed by atoms with E-state index < -0.39 is 29.5 Å². The fraction of sp³-hybridized carbons (Fsp3) is 0.765. The third-order valence-corrected chi connectivity index (χ3v) is 11.4. The van der Waals surface area contributed by atoms with E-state index in [0.29, 0.717) is 6.42 Å². The van der Waals surface area contributed by atoms with Crippen LogP contribution in [0.25, 0.3) is 0 Å². The number of ketones is 1. The van der Waals surface area contributed by atoms with Crippen LogP contribution in [0.5, 0.6) is 0 Å².